The van der Waals surface area contributed by atoms with Crippen molar-refractivity contribution in [2.75, 3.05) is 44.1 Å². The molecule has 178 valence electrons. The van der Waals surface area contributed by atoms with E-state index < -0.39 is 6.09 Å². The zero-order valence-corrected chi connectivity index (χ0v) is 20.6. The lowest BCUT2D eigenvalue weighted by Gasteiger charge is -2.31. The predicted octanol–water partition coefficient (Wildman–Crippen LogP) is 3.78. The van der Waals surface area contributed by atoms with Crippen molar-refractivity contribution in [3.63, 3.8) is 0 Å². The van der Waals surface area contributed by atoms with Gasteiger partial charge in [-0.1, -0.05) is 24.3 Å². The molecule has 1 aliphatic heterocycles. The maximum atomic E-state index is 12.1. The first kappa shape index (κ1) is 25.4. The molecule has 0 aromatic heterocycles. The van der Waals surface area contributed by atoms with E-state index in [1.54, 1.807) is 11.8 Å². The highest BCUT2D eigenvalue weighted by Crippen LogP contribution is 2.26. The van der Waals surface area contributed by atoms with Gasteiger partial charge in [-0.2, -0.15) is 0 Å². The predicted molar refractivity (Wildman–Crippen MR) is 134 cm³/mol. The van der Waals surface area contributed by atoms with Crippen LogP contribution in [0, 0.1) is 0 Å². The van der Waals surface area contributed by atoms with Crippen LogP contribution in [0.5, 0.6) is 0 Å². The van der Waals surface area contributed by atoms with E-state index in [1.807, 2.05) is 36.0 Å². The molecule has 2 aromatic rings. The number of hydrogen-bond donors (Lipinski definition) is 3. The first-order chi connectivity index (χ1) is 16.1. The average molecular weight is 490 g/mol. The van der Waals surface area contributed by atoms with E-state index in [9.17, 15) is 9.59 Å². The van der Waals surface area contributed by atoms with Crippen molar-refractivity contribution in [3.8, 4) is 0 Å². The second-order valence-electron chi connectivity index (χ2n) is 7.62. The Morgan fingerprint density at radius 2 is 1.91 bits per heavy atom. The van der Waals surface area contributed by atoms with Crippen molar-refractivity contribution >= 4 is 41.2 Å². The Kier molecular flexibility index (Phi) is 10.4. The maximum Gasteiger partial charge on any atom is 0.407 e. The molecule has 3 rings (SSSR count). The number of hydrogen-bond acceptors (Lipinski definition) is 7. The van der Waals surface area contributed by atoms with Crippen LogP contribution in [0.2, 0.25) is 0 Å². The zero-order chi connectivity index (χ0) is 23.5. The standard InChI is InChI=1S/C24H31N3O4S2/c1-30-24(29)26-15-23(28)27-22-9-4-3-6-17(22)10-11-18-13-25-14-19(31-18)16-33-21-8-5-7-20(12-21)32-2/h3-9,12,18-19,25H,10-11,13-16H2,1-2H3,(H,26,29)(H,27,28)/t18-,19+/m1/s1. The summed E-state index contributed by atoms with van der Waals surface area (Å²) >= 11 is 3.58. The maximum absolute atomic E-state index is 12.1. The van der Waals surface area contributed by atoms with E-state index >= 15 is 0 Å². The molecule has 7 nitrogen and oxygen atoms in total. The van der Waals surface area contributed by atoms with Gasteiger partial charge >= 0.3 is 6.09 Å². The van der Waals surface area contributed by atoms with Crippen molar-refractivity contribution in [1.82, 2.24) is 10.6 Å². The quantitative estimate of drug-likeness (QED) is 0.438. The Morgan fingerprint density at radius 3 is 2.73 bits per heavy atom. The smallest absolute Gasteiger partial charge is 0.407 e. The number of benzene rings is 2. The molecule has 0 saturated carbocycles. The van der Waals surface area contributed by atoms with Crippen molar-refractivity contribution in [2.24, 2.45) is 0 Å². The molecule has 0 spiro atoms. The number of aryl methyl sites for hydroxylation is 1. The third kappa shape index (κ3) is 8.58. The highest BCUT2D eigenvalue weighted by Gasteiger charge is 2.22. The van der Waals surface area contributed by atoms with Crippen molar-refractivity contribution in [1.29, 1.82) is 0 Å². The molecule has 2 amide bonds. The van der Waals surface area contributed by atoms with Crippen molar-refractivity contribution < 1.29 is 19.1 Å². The molecular formula is C24H31N3O4S2. The lowest BCUT2D eigenvalue weighted by atomic mass is 10.0. The van der Waals surface area contributed by atoms with Crippen LogP contribution < -0.4 is 16.0 Å². The summed E-state index contributed by atoms with van der Waals surface area (Å²) < 4.78 is 10.8. The monoisotopic (exact) mass is 489 g/mol. The summed E-state index contributed by atoms with van der Waals surface area (Å²) in [5, 5.41) is 8.74. The van der Waals surface area contributed by atoms with E-state index in [0.29, 0.717) is 0 Å². The summed E-state index contributed by atoms with van der Waals surface area (Å²) in [6.07, 6.45) is 3.36. The molecule has 0 bridgehead atoms. The van der Waals surface area contributed by atoms with Gasteiger partial charge in [0.2, 0.25) is 5.91 Å². The van der Waals surface area contributed by atoms with Crippen molar-refractivity contribution in [2.45, 2.75) is 34.8 Å². The number of carbonyl (C=O) groups is 2. The largest absolute Gasteiger partial charge is 0.453 e. The molecule has 2 aromatic carbocycles. The topological polar surface area (TPSA) is 88.7 Å². The van der Waals surface area contributed by atoms with E-state index in [2.05, 4.69) is 51.2 Å². The number of thioether (sulfide) groups is 2. The van der Waals surface area contributed by atoms with Gasteiger partial charge in [0.15, 0.2) is 0 Å². The Morgan fingerprint density at radius 1 is 1.12 bits per heavy atom. The summed E-state index contributed by atoms with van der Waals surface area (Å²) in [6, 6.07) is 16.3. The van der Waals surface area contributed by atoms with Crippen LogP contribution in [0.25, 0.3) is 0 Å². The van der Waals surface area contributed by atoms with Crippen LogP contribution in [0.15, 0.2) is 58.3 Å². The molecule has 9 heteroatoms. The van der Waals surface area contributed by atoms with Crippen LogP contribution in [-0.4, -0.2) is 63.0 Å². The van der Waals surface area contributed by atoms with Gasteiger partial charge in [0, 0.05) is 34.3 Å². The van der Waals surface area contributed by atoms with Crippen LogP contribution >= 0.6 is 23.5 Å². The fourth-order valence-corrected chi connectivity index (χ4v) is 5.01. The molecule has 1 heterocycles. The Bertz CT molecular complexity index is 928. The van der Waals surface area contributed by atoms with Gasteiger partial charge < -0.3 is 25.4 Å². The molecule has 0 aliphatic carbocycles. The number of alkyl carbamates (subject to hydrolysis) is 1. The first-order valence-electron chi connectivity index (χ1n) is 10.9. The highest BCUT2D eigenvalue weighted by atomic mass is 32.2. The van der Waals surface area contributed by atoms with Crippen LogP contribution in [0.4, 0.5) is 10.5 Å². The fraction of sp³-hybridized carbons (Fsp3) is 0.417. The van der Waals surface area contributed by atoms with E-state index in [1.165, 1.54) is 16.9 Å². The minimum atomic E-state index is -0.634. The molecule has 1 saturated heterocycles. The Hall–Kier alpha value is -2.20. The SMILES string of the molecule is COC(=O)NCC(=O)Nc1ccccc1CC[C@@H]1CNC[C@@H](CSc2cccc(SC)c2)O1. The number of carbonyl (C=O) groups excluding carboxylic acids is 2. The summed E-state index contributed by atoms with van der Waals surface area (Å²) in [5.41, 5.74) is 1.79. The van der Waals surface area contributed by atoms with Gasteiger partial charge in [-0.3, -0.25) is 4.79 Å². The van der Waals surface area contributed by atoms with E-state index in [-0.39, 0.29) is 24.7 Å². The summed E-state index contributed by atoms with van der Waals surface area (Å²) in [4.78, 5) is 25.8. The molecule has 33 heavy (non-hydrogen) atoms. The van der Waals surface area contributed by atoms with Gasteiger partial charge in [-0.25, -0.2) is 4.79 Å². The Balaban J connectivity index is 1.47. The van der Waals surface area contributed by atoms with E-state index in [4.69, 9.17) is 4.74 Å². The molecule has 1 aliphatic rings. The van der Waals surface area contributed by atoms with Gasteiger partial charge in [0.25, 0.3) is 0 Å². The van der Waals surface area contributed by atoms with Gasteiger partial charge in [-0.15, -0.1) is 23.5 Å². The molecule has 0 radical (unpaired) electrons. The molecule has 2 atom stereocenters. The second-order valence-corrected chi connectivity index (χ2v) is 9.59. The first-order valence-corrected chi connectivity index (χ1v) is 13.1. The Labute approximate surface area is 203 Å². The number of anilines is 1. The number of methoxy groups -OCH3 is 1. The summed E-state index contributed by atoms with van der Waals surface area (Å²) in [5.74, 6) is 0.604. The van der Waals surface area contributed by atoms with Crippen LogP contribution in [0.1, 0.15) is 12.0 Å². The van der Waals surface area contributed by atoms with Gasteiger partial charge in [0.1, 0.15) is 6.54 Å². The normalized spacial score (nSPS) is 17.9. The number of amides is 2. The summed E-state index contributed by atoms with van der Waals surface area (Å²) in [6.45, 7) is 1.53. The minimum Gasteiger partial charge on any atom is -0.453 e. The molecule has 0 unspecified atom stereocenters. The average Bonchev–Trinajstić information content (AvgIpc) is 2.86. The number of nitrogens with one attached hydrogen (secondary N) is 3. The molecule has 3 N–H and O–H groups in total. The lowest BCUT2D eigenvalue weighted by Crippen LogP contribution is -2.45. The molecular weight excluding hydrogens is 458 g/mol. The summed E-state index contributed by atoms with van der Waals surface area (Å²) in [7, 11) is 1.26. The lowest BCUT2D eigenvalue weighted by molar-refractivity contribution is -0.115. The van der Waals surface area contributed by atoms with Crippen molar-refractivity contribution in [3.05, 3.63) is 54.1 Å². The van der Waals surface area contributed by atoms with Crippen LogP contribution in [0.3, 0.4) is 0 Å². The number of morpholine rings is 1. The zero-order valence-electron chi connectivity index (χ0n) is 19.0. The molecule has 1 fully saturated rings. The number of rotatable bonds is 10. The fourth-order valence-electron chi connectivity index (χ4n) is 3.52. The third-order valence-electron chi connectivity index (χ3n) is 5.21. The third-order valence-corrected chi connectivity index (χ3v) is 7.06. The van der Waals surface area contributed by atoms with Gasteiger partial charge in [0.05, 0.1) is 19.3 Å². The number of para-hydroxylation sites is 1. The van der Waals surface area contributed by atoms with E-state index in [0.717, 1.165) is 42.9 Å². The van der Waals surface area contributed by atoms with Gasteiger partial charge in [-0.05, 0) is 48.9 Å². The number of ether oxygens (including phenoxy) is 2. The minimum absolute atomic E-state index is 0.117. The second kappa shape index (κ2) is 13.5. The van der Waals surface area contributed by atoms with Crippen LogP contribution in [-0.2, 0) is 20.7 Å². The highest BCUT2D eigenvalue weighted by molar-refractivity contribution is 7.99.